The molecular formula is C21H26N2O3S. The second kappa shape index (κ2) is 7.72. The zero-order valence-electron chi connectivity index (χ0n) is 16.0. The maximum absolute atomic E-state index is 12.7. The smallest absolute Gasteiger partial charge is 0.241 e. The number of aryl methyl sites for hydroxylation is 3. The minimum atomic E-state index is -3.57. The molecule has 0 aliphatic heterocycles. The summed E-state index contributed by atoms with van der Waals surface area (Å²) >= 11 is 0. The van der Waals surface area contributed by atoms with Crippen molar-refractivity contribution in [3.63, 3.8) is 0 Å². The van der Waals surface area contributed by atoms with Crippen LogP contribution in [0.5, 0.6) is 0 Å². The lowest BCUT2D eigenvalue weighted by Crippen LogP contribution is -2.42. The van der Waals surface area contributed by atoms with Crippen molar-refractivity contribution >= 4 is 21.6 Å². The summed E-state index contributed by atoms with van der Waals surface area (Å²) in [5.41, 5.74) is 4.97. The minimum absolute atomic E-state index is 0.0661. The first kappa shape index (κ1) is 19.4. The van der Waals surface area contributed by atoms with Gasteiger partial charge >= 0.3 is 0 Å². The van der Waals surface area contributed by atoms with Crippen molar-refractivity contribution in [3.8, 4) is 0 Å². The Hall–Kier alpha value is -2.34. The van der Waals surface area contributed by atoms with Gasteiger partial charge in [0.15, 0.2) is 0 Å². The van der Waals surface area contributed by atoms with E-state index in [-0.39, 0.29) is 18.5 Å². The molecule has 0 spiro atoms. The van der Waals surface area contributed by atoms with E-state index in [1.165, 1.54) is 9.87 Å². The Kier molecular flexibility index (Phi) is 5.56. The van der Waals surface area contributed by atoms with Crippen LogP contribution < -0.4 is 9.62 Å². The standard InChI is InChI=1S/C21H26N2O3S/c1-15-11-12-18(13-16(15)2)23(27(3,25)26)14-21(24)22-20-10-6-8-17-7-4-5-9-19(17)20/h4-5,7,9,11-13,20H,6,8,10,14H2,1-3H3,(H,22,24)/t20-/m0/s1. The molecule has 0 fully saturated rings. The van der Waals surface area contributed by atoms with Crippen molar-refractivity contribution in [2.45, 2.75) is 39.2 Å². The van der Waals surface area contributed by atoms with Gasteiger partial charge in [-0.3, -0.25) is 9.10 Å². The molecule has 1 N–H and O–H groups in total. The molecule has 2 aromatic carbocycles. The molecule has 2 aromatic rings. The largest absolute Gasteiger partial charge is 0.348 e. The highest BCUT2D eigenvalue weighted by molar-refractivity contribution is 7.92. The summed E-state index contributed by atoms with van der Waals surface area (Å²) in [4.78, 5) is 12.7. The van der Waals surface area contributed by atoms with Crippen LogP contribution in [0.1, 0.15) is 41.1 Å². The zero-order valence-corrected chi connectivity index (χ0v) is 16.8. The van der Waals surface area contributed by atoms with Gasteiger partial charge < -0.3 is 5.32 Å². The molecule has 1 aliphatic carbocycles. The SMILES string of the molecule is Cc1ccc(N(CC(=O)N[C@H]2CCCc3ccccc32)S(C)(=O)=O)cc1C. The molecule has 27 heavy (non-hydrogen) atoms. The summed E-state index contributed by atoms with van der Waals surface area (Å²) in [6.45, 7) is 3.68. The number of amides is 1. The molecule has 0 aromatic heterocycles. The average Bonchev–Trinajstić information content (AvgIpc) is 2.61. The molecule has 144 valence electrons. The molecule has 0 saturated heterocycles. The van der Waals surface area contributed by atoms with E-state index in [1.54, 1.807) is 12.1 Å². The quantitative estimate of drug-likeness (QED) is 0.858. The highest BCUT2D eigenvalue weighted by atomic mass is 32.2. The number of carbonyl (C=O) groups excluding carboxylic acids is 1. The van der Waals surface area contributed by atoms with Gasteiger partial charge in [0.2, 0.25) is 15.9 Å². The van der Waals surface area contributed by atoms with Crippen molar-refractivity contribution < 1.29 is 13.2 Å². The summed E-state index contributed by atoms with van der Waals surface area (Å²) in [7, 11) is -3.57. The molecule has 5 nitrogen and oxygen atoms in total. The second-order valence-corrected chi connectivity index (χ2v) is 9.16. The zero-order chi connectivity index (χ0) is 19.6. The van der Waals surface area contributed by atoms with Gasteiger partial charge in [-0.1, -0.05) is 30.3 Å². The molecule has 1 amide bonds. The van der Waals surface area contributed by atoms with Gasteiger partial charge in [0.1, 0.15) is 6.54 Å². The lowest BCUT2D eigenvalue weighted by Gasteiger charge is -2.28. The fraction of sp³-hybridized carbons (Fsp3) is 0.381. The van der Waals surface area contributed by atoms with Gasteiger partial charge in [0, 0.05) is 0 Å². The monoisotopic (exact) mass is 386 g/mol. The average molecular weight is 387 g/mol. The minimum Gasteiger partial charge on any atom is -0.348 e. The predicted molar refractivity (Wildman–Crippen MR) is 108 cm³/mol. The van der Waals surface area contributed by atoms with E-state index in [9.17, 15) is 13.2 Å². The molecule has 1 atom stereocenters. The number of rotatable bonds is 5. The topological polar surface area (TPSA) is 66.5 Å². The Morgan fingerprint density at radius 2 is 1.89 bits per heavy atom. The summed E-state index contributed by atoms with van der Waals surface area (Å²) in [5, 5.41) is 3.03. The first-order chi connectivity index (χ1) is 12.8. The molecule has 0 bridgehead atoms. The third-order valence-corrected chi connectivity index (χ3v) is 6.31. The first-order valence-electron chi connectivity index (χ1n) is 9.18. The van der Waals surface area contributed by atoms with Crippen molar-refractivity contribution in [2.75, 3.05) is 17.1 Å². The number of benzene rings is 2. The number of nitrogens with zero attached hydrogens (tertiary/aromatic N) is 1. The van der Waals surface area contributed by atoms with E-state index in [2.05, 4.69) is 11.4 Å². The normalized spacial score (nSPS) is 16.5. The molecule has 1 aliphatic rings. The Morgan fingerprint density at radius 3 is 2.59 bits per heavy atom. The van der Waals surface area contributed by atoms with Gasteiger partial charge in [-0.2, -0.15) is 0 Å². The van der Waals surface area contributed by atoms with E-state index in [4.69, 9.17) is 0 Å². The van der Waals surface area contributed by atoms with Crippen LogP contribution in [-0.4, -0.2) is 27.1 Å². The van der Waals surface area contributed by atoms with E-state index in [0.717, 1.165) is 42.2 Å². The van der Waals surface area contributed by atoms with Crippen LogP contribution in [0, 0.1) is 13.8 Å². The van der Waals surface area contributed by atoms with Gasteiger partial charge in [0.25, 0.3) is 0 Å². The van der Waals surface area contributed by atoms with E-state index in [1.807, 2.05) is 38.1 Å². The molecule has 0 unspecified atom stereocenters. The highest BCUT2D eigenvalue weighted by Gasteiger charge is 2.25. The molecule has 0 heterocycles. The van der Waals surface area contributed by atoms with Crippen LogP contribution in [-0.2, 0) is 21.2 Å². The lowest BCUT2D eigenvalue weighted by molar-refractivity contribution is -0.120. The van der Waals surface area contributed by atoms with Gasteiger partial charge in [-0.25, -0.2) is 8.42 Å². The van der Waals surface area contributed by atoms with Crippen LogP contribution in [0.2, 0.25) is 0 Å². The Balaban J connectivity index is 1.79. The van der Waals surface area contributed by atoms with E-state index in [0.29, 0.717) is 5.69 Å². The van der Waals surface area contributed by atoms with Crippen LogP contribution >= 0.6 is 0 Å². The summed E-state index contributed by atoms with van der Waals surface area (Å²) in [5.74, 6) is -0.291. The maximum Gasteiger partial charge on any atom is 0.241 e. The molecule has 3 rings (SSSR count). The number of hydrogen-bond acceptors (Lipinski definition) is 3. The van der Waals surface area contributed by atoms with Crippen LogP contribution in [0.25, 0.3) is 0 Å². The van der Waals surface area contributed by atoms with Crippen molar-refractivity contribution in [2.24, 2.45) is 0 Å². The van der Waals surface area contributed by atoms with Crippen molar-refractivity contribution in [3.05, 3.63) is 64.7 Å². The number of sulfonamides is 1. The van der Waals surface area contributed by atoms with Crippen molar-refractivity contribution in [1.82, 2.24) is 5.32 Å². The number of nitrogens with one attached hydrogen (secondary N) is 1. The molecule has 6 heteroatoms. The maximum atomic E-state index is 12.7. The first-order valence-corrected chi connectivity index (χ1v) is 11.0. The Bertz CT molecular complexity index is 954. The van der Waals surface area contributed by atoms with Crippen LogP contribution in [0.3, 0.4) is 0 Å². The number of carbonyl (C=O) groups is 1. The van der Waals surface area contributed by atoms with E-state index >= 15 is 0 Å². The van der Waals surface area contributed by atoms with Crippen LogP contribution in [0.4, 0.5) is 5.69 Å². The predicted octanol–water partition coefficient (Wildman–Crippen LogP) is 3.26. The highest BCUT2D eigenvalue weighted by Crippen LogP contribution is 2.29. The number of anilines is 1. The molecular weight excluding hydrogens is 360 g/mol. The van der Waals surface area contributed by atoms with Gasteiger partial charge in [-0.05, 0) is 67.5 Å². The van der Waals surface area contributed by atoms with E-state index < -0.39 is 10.0 Å². The number of fused-ring (bicyclic) bond motifs is 1. The third kappa shape index (κ3) is 4.50. The lowest BCUT2D eigenvalue weighted by atomic mass is 9.88. The van der Waals surface area contributed by atoms with Gasteiger partial charge in [0.05, 0.1) is 18.0 Å². The van der Waals surface area contributed by atoms with Crippen LogP contribution in [0.15, 0.2) is 42.5 Å². The second-order valence-electron chi connectivity index (χ2n) is 7.25. The Morgan fingerprint density at radius 1 is 1.15 bits per heavy atom. The van der Waals surface area contributed by atoms with Crippen molar-refractivity contribution in [1.29, 1.82) is 0 Å². The summed E-state index contributed by atoms with van der Waals surface area (Å²) in [6.07, 6.45) is 4.02. The summed E-state index contributed by atoms with van der Waals surface area (Å²) in [6, 6.07) is 13.5. The number of hydrogen-bond donors (Lipinski definition) is 1. The third-order valence-electron chi connectivity index (χ3n) is 5.17. The fourth-order valence-corrected chi connectivity index (χ4v) is 4.40. The summed E-state index contributed by atoms with van der Waals surface area (Å²) < 4.78 is 25.8. The molecule has 0 radical (unpaired) electrons. The van der Waals surface area contributed by atoms with Gasteiger partial charge in [-0.15, -0.1) is 0 Å². The Labute approximate surface area is 161 Å². The molecule has 0 saturated carbocycles. The fourth-order valence-electron chi connectivity index (χ4n) is 3.56.